The van der Waals surface area contributed by atoms with Crippen LogP contribution < -0.4 is 10.4 Å². The minimum atomic E-state index is 1.01. The van der Waals surface area contributed by atoms with Gasteiger partial charge in [-0.05, 0) is 68.1 Å². The van der Waals surface area contributed by atoms with Crippen LogP contribution in [0.2, 0.25) is 0 Å². The first kappa shape index (κ1) is 15.2. The van der Waals surface area contributed by atoms with Gasteiger partial charge in [-0.3, -0.25) is 0 Å². The third-order valence-corrected chi connectivity index (χ3v) is 5.50. The molecule has 0 unspecified atom stereocenters. The molecule has 0 saturated carbocycles. The van der Waals surface area contributed by atoms with Crippen molar-refractivity contribution in [3.8, 4) is 0 Å². The van der Waals surface area contributed by atoms with E-state index in [2.05, 4.69) is 98.0 Å². The zero-order valence-electron chi connectivity index (χ0n) is 14.9. The quantitative estimate of drug-likeness (QED) is 0.500. The summed E-state index contributed by atoms with van der Waals surface area (Å²) in [6.07, 6.45) is 10.1. The summed E-state index contributed by atoms with van der Waals surface area (Å²) in [5.74, 6) is 0. The average molecular weight is 332 g/mol. The highest BCUT2D eigenvalue weighted by Crippen LogP contribution is 2.27. The molecular weight excluding hydrogens is 312 g/mol. The van der Waals surface area contributed by atoms with E-state index in [1.54, 1.807) is 0 Å². The molecule has 0 spiro atoms. The second-order valence-corrected chi connectivity index (χ2v) is 7.00. The Morgan fingerprint density at radius 2 is 1.62 bits per heavy atom. The lowest BCUT2D eigenvalue weighted by atomic mass is 9.92. The highest BCUT2D eigenvalue weighted by atomic mass is 14.2. The fourth-order valence-corrected chi connectivity index (χ4v) is 4.16. The molecule has 26 heavy (non-hydrogen) atoms. The topological polar surface area (TPSA) is 0 Å². The fraction of sp³-hybridized carbons (Fsp3) is 0.0769. The number of hydrogen-bond acceptors (Lipinski definition) is 0. The summed E-state index contributed by atoms with van der Waals surface area (Å²) in [5.41, 5.74) is 6.80. The maximum Gasteiger partial charge on any atom is -0.00668 e. The third-order valence-electron chi connectivity index (χ3n) is 5.50. The monoisotopic (exact) mass is 332 g/mol. The van der Waals surface area contributed by atoms with Gasteiger partial charge in [-0.15, -0.1) is 0 Å². The molecule has 124 valence electrons. The molecule has 0 atom stereocenters. The van der Waals surface area contributed by atoms with Gasteiger partial charge in [-0.2, -0.15) is 0 Å². The molecule has 0 saturated heterocycles. The lowest BCUT2D eigenvalue weighted by Crippen LogP contribution is -2.14. The first-order chi connectivity index (χ1) is 12.8. The van der Waals surface area contributed by atoms with Gasteiger partial charge in [0, 0.05) is 0 Å². The standard InChI is InChI=1S/C26H20/c1-18(19-9-3-2-4-10-19)22-15-16-24-23-14-8-7-13-21(23)17-25(24)26(22)20-11-5-6-12-20/h2-11,13-17H,12H2,1H3. The van der Waals surface area contributed by atoms with E-state index in [0.29, 0.717) is 0 Å². The van der Waals surface area contributed by atoms with Gasteiger partial charge in [0.15, 0.2) is 0 Å². The van der Waals surface area contributed by atoms with Gasteiger partial charge in [0.25, 0.3) is 0 Å². The minimum Gasteiger partial charge on any atom is -0.0801 e. The van der Waals surface area contributed by atoms with Crippen molar-refractivity contribution >= 4 is 17.2 Å². The van der Waals surface area contributed by atoms with Crippen LogP contribution in [0.1, 0.15) is 30.0 Å². The molecule has 3 aromatic rings. The Hall–Kier alpha value is -3.12. The molecule has 0 fully saturated rings. The second kappa shape index (κ2) is 6.00. The summed E-state index contributed by atoms with van der Waals surface area (Å²) in [6, 6.07) is 24.0. The van der Waals surface area contributed by atoms with Crippen LogP contribution in [-0.4, -0.2) is 0 Å². The first-order valence-corrected chi connectivity index (χ1v) is 9.19. The van der Waals surface area contributed by atoms with Gasteiger partial charge in [-0.25, -0.2) is 0 Å². The third kappa shape index (κ3) is 2.30. The maximum absolute atomic E-state index is 2.36. The van der Waals surface area contributed by atoms with Crippen LogP contribution in [0.25, 0.3) is 17.2 Å². The van der Waals surface area contributed by atoms with E-state index in [1.165, 1.54) is 48.7 Å². The largest absolute Gasteiger partial charge is 0.0801 e. The van der Waals surface area contributed by atoms with E-state index >= 15 is 0 Å². The van der Waals surface area contributed by atoms with Crippen LogP contribution >= 0.6 is 0 Å². The molecule has 0 amide bonds. The normalized spacial score (nSPS) is 15.2. The lowest BCUT2D eigenvalue weighted by molar-refractivity contribution is 1.35. The van der Waals surface area contributed by atoms with E-state index in [9.17, 15) is 0 Å². The highest BCUT2D eigenvalue weighted by molar-refractivity contribution is 5.82. The molecule has 0 heterocycles. The summed E-state index contributed by atoms with van der Waals surface area (Å²) in [5, 5.41) is 5.37. The van der Waals surface area contributed by atoms with Crippen molar-refractivity contribution < 1.29 is 0 Å². The van der Waals surface area contributed by atoms with Crippen LogP contribution in [0, 0.1) is 10.4 Å². The number of fused-ring (bicyclic) bond motifs is 2. The molecule has 0 nitrogen and oxygen atoms in total. The van der Waals surface area contributed by atoms with Crippen molar-refractivity contribution in [1.82, 2.24) is 0 Å². The van der Waals surface area contributed by atoms with Crippen molar-refractivity contribution in [1.29, 1.82) is 0 Å². The molecule has 0 N–H and O–H groups in total. The highest BCUT2D eigenvalue weighted by Gasteiger charge is 2.15. The molecule has 5 rings (SSSR count). The summed E-state index contributed by atoms with van der Waals surface area (Å²) in [7, 11) is 0. The van der Waals surface area contributed by atoms with Crippen molar-refractivity contribution in [2.75, 3.05) is 0 Å². The van der Waals surface area contributed by atoms with Gasteiger partial charge < -0.3 is 0 Å². The van der Waals surface area contributed by atoms with Crippen molar-refractivity contribution in [2.24, 2.45) is 0 Å². The molecule has 0 bridgehead atoms. The Labute approximate surface area is 153 Å². The van der Waals surface area contributed by atoms with Crippen LogP contribution in [0.3, 0.4) is 0 Å². The predicted octanol–water partition coefficient (Wildman–Crippen LogP) is 4.68. The Morgan fingerprint density at radius 3 is 2.42 bits per heavy atom. The molecule has 3 aromatic carbocycles. The van der Waals surface area contributed by atoms with Crippen LogP contribution in [0.5, 0.6) is 0 Å². The average Bonchev–Trinajstić information content (AvgIpc) is 3.35. The molecular formula is C26H20. The number of hydrogen-bond donors (Lipinski definition) is 0. The van der Waals surface area contributed by atoms with Crippen molar-refractivity contribution in [2.45, 2.75) is 13.3 Å². The van der Waals surface area contributed by atoms with Gasteiger partial charge in [0.1, 0.15) is 0 Å². The van der Waals surface area contributed by atoms with Crippen molar-refractivity contribution in [3.05, 3.63) is 123 Å². The number of benzene rings is 3. The van der Waals surface area contributed by atoms with E-state index in [0.717, 1.165) is 6.42 Å². The Bertz CT molecular complexity index is 1290. The fourth-order valence-electron chi connectivity index (χ4n) is 4.16. The molecule has 2 aliphatic carbocycles. The summed E-state index contributed by atoms with van der Waals surface area (Å²) in [6.45, 7) is 2.24. The summed E-state index contributed by atoms with van der Waals surface area (Å²) < 4.78 is 0. The van der Waals surface area contributed by atoms with Gasteiger partial charge in [0.2, 0.25) is 0 Å². The second-order valence-electron chi connectivity index (χ2n) is 7.00. The first-order valence-electron chi connectivity index (χ1n) is 9.19. The summed E-state index contributed by atoms with van der Waals surface area (Å²) >= 11 is 0. The van der Waals surface area contributed by atoms with E-state index in [-0.39, 0.29) is 0 Å². The van der Waals surface area contributed by atoms with Gasteiger partial charge >= 0.3 is 0 Å². The smallest absolute Gasteiger partial charge is 0.00668 e. The number of allylic oxidation sites excluding steroid dienone is 4. The van der Waals surface area contributed by atoms with E-state index in [4.69, 9.17) is 0 Å². The lowest BCUT2D eigenvalue weighted by Gasteiger charge is -2.12. The zero-order valence-corrected chi connectivity index (χ0v) is 14.9. The van der Waals surface area contributed by atoms with Crippen LogP contribution in [0.4, 0.5) is 0 Å². The zero-order chi connectivity index (χ0) is 17.5. The van der Waals surface area contributed by atoms with Gasteiger partial charge in [0.05, 0.1) is 0 Å². The summed E-state index contributed by atoms with van der Waals surface area (Å²) in [4.78, 5) is 0. The predicted molar refractivity (Wildman–Crippen MR) is 110 cm³/mol. The Balaban J connectivity index is 1.92. The van der Waals surface area contributed by atoms with Crippen LogP contribution in [0.15, 0.2) is 85.0 Å². The molecule has 0 aliphatic heterocycles. The minimum absolute atomic E-state index is 1.01. The van der Waals surface area contributed by atoms with E-state index < -0.39 is 0 Å². The van der Waals surface area contributed by atoms with Gasteiger partial charge in [-0.1, -0.05) is 85.0 Å². The maximum atomic E-state index is 2.36. The molecule has 2 aliphatic rings. The molecule has 0 heteroatoms. The molecule has 0 radical (unpaired) electrons. The molecule has 0 aromatic heterocycles. The SMILES string of the molecule is CC(c1ccccc1)=c1ccc2c(c1C1=CC=CC1)C=c1ccccc1=2. The van der Waals surface area contributed by atoms with Crippen LogP contribution in [-0.2, 0) is 0 Å². The van der Waals surface area contributed by atoms with Crippen molar-refractivity contribution in [3.63, 3.8) is 0 Å². The Morgan fingerprint density at radius 1 is 0.808 bits per heavy atom. The number of rotatable bonds is 2. The van der Waals surface area contributed by atoms with E-state index in [1.807, 2.05) is 0 Å². The Kier molecular flexibility index (Phi) is 3.50.